The summed E-state index contributed by atoms with van der Waals surface area (Å²) < 4.78 is 30.6. The molecular formula is C19H22N2O4S. The van der Waals surface area contributed by atoms with E-state index in [0.717, 1.165) is 24.2 Å². The molecule has 0 spiro atoms. The normalized spacial score (nSPS) is 13.8. The Kier molecular flexibility index (Phi) is 5.18. The molecule has 0 radical (unpaired) electrons. The van der Waals surface area contributed by atoms with Crippen LogP contribution in [0.5, 0.6) is 5.75 Å². The second-order valence-electron chi connectivity index (χ2n) is 6.19. The topological polar surface area (TPSA) is 75.7 Å². The number of amides is 1. The molecule has 1 aliphatic rings. The van der Waals surface area contributed by atoms with Crippen molar-refractivity contribution in [3.63, 3.8) is 0 Å². The molecule has 0 saturated carbocycles. The molecule has 7 heteroatoms. The molecule has 1 heterocycles. The number of carbonyl (C=O) groups excluding carboxylic acids is 1. The summed E-state index contributed by atoms with van der Waals surface area (Å²) in [6.07, 6.45) is 2.76. The average Bonchev–Trinajstić information content (AvgIpc) is 2.61. The predicted molar refractivity (Wildman–Crippen MR) is 103 cm³/mol. The van der Waals surface area contributed by atoms with Gasteiger partial charge in [0.25, 0.3) is 5.91 Å². The number of anilines is 2. The zero-order valence-corrected chi connectivity index (χ0v) is 15.7. The molecule has 0 aromatic heterocycles. The lowest BCUT2D eigenvalue weighted by Crippen LogP contribution is -2.34. The summed E-state index contributed by atoms with van der Waals surface area (Å²) in [6.45, 7) is 2.97. The van der Waals surface area contributed by atoms with Gasteiger partial charge in [0.1, 0.15) is 5.75 Å². The van der Waals surface area contributed by atoms with Crippen LogP contribution < -0.4 is 14.4 Å². The molecule has 2 aromatic rings. The second kappa shape index (κ2) is 7.37. The molecule has 0 fully saturated rings. The Morgan fingerprint density at radius 3 is 2.58 bits per heavy atom. The van der Waals surface area contributed by atoms with Crippen molar-refractivity contribution in [2.24, 2.45) is 0 Å². The maximum absolute atomic E-state index is 12.4. The Bertz CT molecular complexity index is 908. The summed E-state index contributed by atoms with van der Waals surface area (Å²) in [5.74, 6) is 0.502. The van der Waals surface area contributed by atoms with Gasteiger partial charge in [-0.2, -0.15) is 0 Å². The van der Waals surface area contributed by atoms with Gasteiger partial charge in [-0.15, -0.1) is 0 Å². The number of sulfonamides is 1. The lowest BCUT2D eigenvalue weighted by molar-refractivity contribution is 0.102. The van der Waals surface area contributed by atoms with Gasteiger partial charge < -0.3 is 10.1 Å². The summed E-state index contributed by atoms with van der Waals surface area (Å²) in [5.41, 5.74) is 2.80. The number of aryl methyl sites for hydroxylation is 1. The zero-order valence-electron chi connectivity index (χ0n) is 14.9. The van der Waals surface area contributed by atoms with Crippen molar-refractivity contribution in [1.29, 1.82) is 0 Å². The first-order valence-corrected chi connectivity index (χ1v) is 10.4. The number of rotatable bonds is 5. The van der Waals surface area contributed by atoms with Crippen molar-refractivity contribution in [2.45, 2.75) is 19.8 Å². The van der Waals surface area contributed by atoms with Crippen molar-refractivity contribution >= 4 is 27.3 Å². The molecule has 1 N–H and O–H groups in total. The highest BCUT2D eigenvalue weighted by Crippen LogP contribution is 2.31. The molecule has 2 aromatic carbocycles. The van der Waals surface area contributed by atoms with Gasteiger partial charge in [0.15, 0.2) is 0 Å². The average molecular weight is 374 g/mol. The number of hydrogen-bond acceptors (Lipinski definition) is 4. The van der Waals surface area contributed by atoms with E-state index in [1.165, 1.54) is 10.6 Å². The molecule has 3 rings (SSSR count). The highest BCUT2D eigenvalue weighted by Gasteiger charge is 2.24. The van der Waals surface area contributed by atoms with Gasteiger partial charge in [-0.1, -0.05) is 0 Å². The highest BCUT2D eigenvalue weighted by atomic mass is 32.2. The maximum atomic E-state index is 12.4. The van der Waals surface area contributed by atoms with Gasteiger partial charge in [-0.05, 0) is 67.8 Å². The van der Waals surface area contributed by atoms with E-state index in [9.17, 15) is 13.2 Å². The largest absolute Gasteiger partial charge is 0.494 e. The molecule has 0 unspecified atom stereocenters. The van der Waals surface area contributed by atoms with Crippen LogP contribution in [0.25, 0.3) is 0 Å². The van der Waals surface area contributed by atoms with Gasteiger partial charge in [0.2, 0.25) is 10.0 Å². The van der Waals surface area contributed by atoms with E-state index < -0.39 is 10.0 Å². The SMILES string of the molecule is CCOc1ccc(C(=O)Nc2ccc3c(c2)CCCN3S(C)(=O)=O)cc1. The Hall–Kier alpha value is -2.54. The molecule has 1 aliphatic heterocycles. The Morgan fingerprint density at radius 1 is 1.19 bits per heavy atom. The fourth-order valence-corrected chi connectivity index (χ4v) is 4.05. The number of carbonyl (C=O) groups is 1. The molecule has 0 atom stereocenters. The van der Waals surface area contributed by atoms with Gasteiger partial charge in [-0.25, -0.2) is 8.42 Å². The fourth-order valence-electron chi connectivity index (χ4n) is 3.06. The van der Waals surface area contributed by atoms with Crippen LogP contribution >= 0.6 is 0 Å². The molecular weight excluding hydrogens is 352 g/mol. The minimum Gasteiger partial charge on any atom is -0.494 e. The molecule has 138 valence electrons. The van der Waals surface area contributed by atoms with Crippen LogP contribution in [-0.2, 0) is 16.4 Å². The minimum atomic E-state index is -3.29. The minimum absolute atomic E-state index is 0.219. The number of nitrogens with one attached hydrogen (secondary N) is 1. The molecule has 26 heavy (non-hydrogen) atoms. The highest BCUT2D eigenvalue weighted by molar-refractivity contribution is 7.92. The number of benzene rings is 2. The second-order valence-corrected chi connectivity index (χ2v) is 8.10. The lowest BCUT2D eigenvalue weighted by atomic mass is 10.0. The van der Waals surface area contributed by atoms with E-state index in [4.69, 9.17) is 4.74 Å². The van der Waals surface area contributed by atoms with Crippen LogP contribution in [0.3, 0.4) is 0 Å². The maximum Gasteiger partial charge on any atom is 0.255 e. The third-order valence-corrected chi connectivity index (χ3v) is 5.42. The first kappa shape index (κ1) is 18.3. The fraction of sp³-hybridized carbons (Fsp3) is 0.316. The third-order valence-electron chi connectivity index (χ3n) is 4.24. The number of nitrogens with zero attached hydrogens (tertiary/aromatic N) is 1. The van der Waals surface area contributed by atoms with Crippen LogP contribution in [0.1, 0.15) is 29.3 Å². The van der Waals surface area contributed by atoms with Gasteiger partial charge in [0.05, 0.1) is 18.6 Å². The van der Waals surface area contributed by atoms with Crippen molar-refractivity contribution < 1.29 is 17.9 Å². The summed E-state index contributed by atoms with van der Waals surface area (Å²) in [5, 5.41) is 2.87. The summed E-state index contributed by atoms with van der Waals surface area (Å²) in [7, 11) is -3.29. The molecule has 0 bridgehead atoms. The first-order valence-electron chi connectivity index (χ1n) is 8.53. The number of fused-ring (bicyclic) bond motifs is 1. The summed E-state index contributed by atoms with van der Waals surface area (Å²) in [4.78, 5) is 12.4. The van der Waals surface area contributed by atoms with Crippen molar-refractivity contribution in [1.82, 2.24) is 0 Å². The van der Waals surface area contributed by atoms with Gasteiger partial charge in [-0.3, -0.25) is 9.10 Å². The zero-order chi connectivity index (χ0) is 18.7. The van der Waals surface area contributed by atoms with E-state index in [1.807, 2.05) is 13.0 Å². The molecule has 6 nitrogen and oxygen atoms in total. The Labute approximate surface area is 153 Å². The van der Waals surface area contributed by atoms with Crippen LogP contribution in [0.2, 0.25) is 0 Å². The van der Waals surface area contributed by atoms with Crippen molar-refractivity contribution in [3.05, 3.63) is 53.6 Å². The van der Waals surface area contributed by atoms with E-state index in [0.29, 0.717) is 30.1 Å². The van der Waals surface area contributed by atoms with E-state index in [2.05, 4.69) is 5.32 Å². The van der Waals surface area contributed by atoms with Gasteiger partial charge >= 0.3 is 0 Å². The van der Waals surface area contributed by atoms with E-state index in [1.54, 1.807) is 36.4 Å². The van der Waals surface area contributed by atoms with Crippen LogP contribution in [0, 0.1) is 0 Å². The summed E-state index contributed by atoms with van der Waals surface area (Å²) in [6, 6.07) is 12.3. The van der Waals surface area contributed by atoms with Crippen LogP contribution in [-0.4, -0.2) is 33.7 Å². The third kappa shape index (κ3) is 3.99. The Balaban J connectivity index is 1.77. The van der Waals surface area contributed by atoms with Crippen LogP contribution in [0.4, 0.5) is 11.4 Å². The molecule has 0 saturated heterocycles. The molecule has 0 aliphatic carbocycles. The van der Waals surface area contributed by atoms with E-state index >= 15 is 0 Å². The summed E-state index contributed by atoms with van der Waals surface area (Å²) >= 11 is 0. The number of ether oxygens (including phenoxy) is 1. The lowest BCUT2D eigenvalue weighted by Gasteiger charge is -2.29. The smallest absolute Gasteiger partial charge is 0.255 e. The first-order chi connectivity index (χ1) is 12.4. The van der Waals surface area contributed by atoms with E-state index in [-0.39, 0.29) is 5.91 Å². The van der Waals surface area contributed by atoms with Crippen LogP contribution in [0.15, 0.2) is 42.5 Å². The number of hydrogen-bond donors (Lipinski definition) is 1. The predicted octanol–water partition coefficient (Wildman–Crippen LogP) is 3.05. The monoisotopic (exact) mass is 374 g/mol. The van der Waals surface area contributed by atoms with Crippen molar-refractivity contribution in [2.75, 3.05) is 29.0 Å². The standard InChI is InChI=1S/C19H22N2O4S/c1-3-25-17-9-6-14(7-10-17)19(22)20-16-8-11-18-15(13-16)5-4-12-21(18)26(2,23)24/h6-11,13H,3-5,12H2,1-2H3,(H,20,22). The Morgan fingerprint density at radius 2 is 1.92 bits per heavy atom. The quantitative estimate of drug-likeness (QED) is 0.873. The van der Waals surface area contributed by atoms with Crippen molar-refractivity contribution in [3.8, 4) is 5.75 Å². The molecule has 1 amide bonds. The van der Waals surface area contributed by atoms with Gasteiger partial charge in [0, 0.05) is 17.8 Å².